The normalized spacial score (nSPS) is 12.3. The van der Waals surface area contributed by atoms with Gasteiger partial charge in [0.2, 0.25) is 0 Å². The molecule has 123 valence electrons. The van der Waals surface area contributed by atoms with E-state index in [-0.39, 0.29) is 0 Å². The van der Waals surface area contributed by atoms with Crippen LogP contribution < -0.4 is 26.9 Å². The molecule has 18 nitrogen and oxygen atoms in total. The van der Waals surface area contributed by atoms with Gasteiger partial charge in [-0.25, -0.2) is 0 Å². The fraction of sp³-hybridized carbons (Fsp3) is 0. The summed E-state index contributed by atoms with van der Waals surface area (Å²) >= 11 is -4.98. The van der Waals surface area contributed by atoms with Crippen LogP contribution in [-0.2, 0) is 13.9 Å². The van der Waals surface area contributed by atoms with Crippen LogP contribution in [-0.4, -0.2) is 20.5 Å². The second-order valence-electron chi connectivity index (χ2n) is 2.35. The molecule has 0 saturated heterocycles. The second kappa shape index (κ2) is 7.43. The SMILES string of the molecule is O=[N+]([O-])O.O=[N+]([O-])[O-].O=[N+]([O-])[O-].[NH2][Rh]([NH2])([NH2])([NH2])([NH2])[NH2]. The molecule has 0 aliphatic rings. The van der Waals surface area contributed by atoms with Gasteiger partial charge in [-0.15, -0.1) is 10.1 Å². The third-order valence-corrected chi connectivity index (χ3v) is 0. The van der Waals surface area contributed by atoms with E-state index in [1.165, 1.54) is 0 Å². The molecule has 19 heavy (non-hydrogen) atoms. The summed E-state index contributed by atoms with van der Waals surface area (Å²) in [4.78, 5) is 24.9. The summed E-state index contributed by atoms with van der Waals surface area (Å²) in [5.41, 5.74) is 0. The summed E-state index contributed by atoms with van der Waals surface area (Å²) in [5.74, 6) is 0. The molecule has 0 fully saturated rings. The van der Waals surface area contributed by atoms with Crippen LogP contribution in [0.3, 0.4) is 0 Å². The maximum atomic E-state index is 8.36. The van der Waals surface area contributed by atoms with E-state index in [0.29, 0.717) is 0 Å². The predicted molar refractivity (Wildman–Crippen MR) is 54.6 cm³/mol. The molecule has 0 aromatic heterocycles. The van der Waals surface area contributed by atoms with Crippen LogP contribution in [0.1, 0.15) is 0 Å². The van der Waals surface area contributed by atoms with Crippen molar-refractivity contribution in [2.45, 2.75) is 0 Å². The van der Waals surface area contributed by atoms with Crippen molar-refractivity contribution in [2.75, 3.05) is 0 Å². The number of hydrogen-bond donors (Lipinski definition) is 7. The molecular formula is H13N9O9Rh-2. The first-order valence-corrected chi connectivity index (χ1v) is 8.49. The van der Waals surface area contributed by atoms with Crippen LogP contribution >= 0.6 is 0 Å². The van der Waals surface area contributed by atoms with Crippen molar-refractivity contribution in [1.29, 1.82) is 0 Å². The van der Waals surface area contributed by atoms with Gasteiger partial charge in [0.1, 0.15) is 0 Å². The van der Waals surface area contributed by atoms with Crippen LogP contribution in [0.5, 0.6) is 0 Å². The van der Waals surface area contributed by atoms with Gasteiger partial charge in [0.25, 0.3) is 5.09 Å². The third kappa shape index (κ3) is 768. The zero-order valence-corrected chi connectivity index (χ0v) is 10.5. The molecule has 0 bridgehead atoms. The van der Waals surface area contributed by atoms with Crippen LogP contribution in [0.15, 0.2) is 0 Å². The van der Waals surface area contributed by atoms with Crippen molar-refractivity contribution in [3.05, 3.63) is 40.8 Å². The van der Waals surface area contributed by atoms with Gasteiger partial charge in [-0.3, -0.25) is 0 Å². The van der Waals surface area contributed by atoms with E-state index in [4.69, 9.17) is 72.8 Å². The van der Waals surface area contributed by atoms with E-state index in [0.717, 1.165) is 0 Å². The fourth-order valence-electron chi connectivity index (χ4n) is 0. The first-order chi connectivity index (χ1) is 7.65. The van der Waals surface area contributed by atoms with Gasteiger partial charge in [-0.1, -0.05) is 0 Å². The Labute approximate surface area is 103 Å². The standard InChI is InChI=1S/HNO3.2NO3.6H2N.Rh/c3*2-1(3)4;;;;;;;/h(H,2,3,4);;;6*1H2;/q;8*-1;+6. The molecule has 0 radical (unpaired) electrons. The molecule has 0 saturated carbocycles. The van der Waals surface area contributed by atoms with Crippen LogP contribution in [0.4, 0.5) is 0 Å². The Balaban J connectivity index is -0.0000000825. The Bertz CT molecular complexity index is 245. The molecule has 0 heterocycles. The number of nitrogens with zero attached hydrogens (tertiary/aromatic N) is 3. The molecule has 0 amide bonds. The van der Waals surface area contributed by atoms with Gasteiger partial charge in [0.15, 0.2) is 0 Å². The average Bonchev–Trinajstić information content (AvgIpc) is 1.69. The molecule has 0 aliphatic heterocycles. The third-order valence-electron chi connectivity index (χ3n) is 0. The number of nitrogens with two attached hydrogens (primary N) is 6. The summed E-state index contributed by atoms with van der Waals surface area (Å²) in [6.45, 7) is 0. The van der Waals surface area contributed by atoms with Crippen LogP contribution in [0, 0.1) is 40.8 Å². The van der Waals surface area contributed by atoms with Gasteiger partial charge < -0.3 is 35.9 Å². The minimum atomic E-state index is -4.98. The van der Waals surface area contributed by atoms with E-state index in [1.807, 2.05) is 0 Å². The molecular weight excluding hydrogens is 373 g/mol. The summed E-state index contributed by atoms with van der Waals surface area (Å²) in [6, 6.07) is 0. The Morgan fingerprint density at radius 2 is 0.684 bits per heavy atom. The fourth-order valence-corrected chi connectivity index (χ4v) is 0. The summed E-state index contributed by atoms with van der Waals surface area (Å²) in [6.07, 6.45) is 0. The molecule has 13 N–H and O–H groups in total. The van der Waals surface area contributed by atoms with Crippen molar-refractivity contribution < 1.29 is 34.3 Å². The van der Waals surface area contributed by atoms with Crippen molar-refractivity contribution in [1.82, 2.24) is 0 Å². The van der Waals surface area contributed by atoms with E-state index >= 15 is 0 Å². The van der Waals surface area contributed by atoms with E-state index in [1.54, 1.807) is 0 Å². The van der Waals surface area contributed by atoms with Gasteiger partial charge in [0, 0.05) is 0 Å². The molecule has 0 aromatic rings. The average molecular weight is 386 g/mol. The first-order valence-electron chi connectivity index (χ1n) is 2.82. The second-order valence-corrected chi connectivity index (χ2v) is 10.5. The molecule has 0 aliphatic carbocycles. The summed E-state index contributed by atoms with van der Waals surface area (Å²) in [5, 5.41) is 43.1. The van der Waals surface area contributed by atoms with Crippen molar-refractivity contribution in [3.8, 4) is 0 Å². The Morgan fingerprint density at radius 3 is 0.684 bits per heavy atom. The first kappa shape index (κ1) is 25.7. The van der Waals surface area contributed by atoms with Crippen molar-refractivity contribution in [3.63, 3.8) is 0 Å². The van der Waals surface area contributed by atoms with E-state index in [9.17, 15) is 0 Å². The molecule has 0 unspecified atom stereocenters. The number of rotatable bonds is 0. The van der Waals surface area contributed by atoms with Crippen molar-refractivity contribution in [2.24, 2.45) is 26.9 Å². The minimum absolute atomic E-state index is 1.50. The van der Waals surface area contributed by atoms with Crippen LogP contribution in [0.25, 0.3) is 0 Å². The van der Waals surface area contributed by atoms with E-state index < -0.39 is 29.1 Å². The summed E-state index contributed by atoms with van der Waals surface area (Å²) in [7, 11) is 0. The van der Waals surface area contributed by atoms with E-state index in [2.05, 4.69) is 0 Å². The van der Waals surface area contributed by atoms with Gasteiger partial charge in [-0.05, 0) is 0 Å². The van der Waals surface area contributed by atoms with Gasteiger partial charge in [-0.2, -0.15) is 0 Å². The van der Waals surface area contributed by atoms with Gasteiger partial charge in [0.05, 0.1) is 10.2 Å². The molecule has 0 rings (SSSR count). The number of hydrogen-bond acceptors (Lipinski definition) is 14. The van der Waals surface area contributed by atoms with Crippen LogP contribution in [0.2, 0.25) is 0 Å². The molecule has 0 spiro atoms. The molecule has 0 atom stereocenters. The monoisotopic (exact) mass is 386 g/mol. The molecule has 0 aromatic carbocycles. The summed E-state index contributed by atoms with van der Waals surface area (Å²) < 4.78 is 29.4. The topological polar surface area (TPSA) is 352 Å². The zero-order valence-electron chi connectivity index (χ0n) is 8.85. The Morgan fingerprint density at radius 1 is 0.684 bits per heavy atom. The quantitative estimate of drug-likeness (QED) is 0.117. The van der Waals surface area contributed by atoms with Gasteiger partial charge >= 0.3 is 40.7 Å². The predicted octanol–water partition coefficient (Wildman–Crippen LogP) is -4.37. The van der Waals surface area contributed by atoms with Crippen molar-refractivity contribution >= 4 is 0 Å². The zero-order chi connectivity index (χ0) is 17.1. The Kier molecular flexibility index (Phi) is 10.1. The molecule has 19 heteroatoms. The Hall–Kier alpha value is -2.02. The maximum absolute atomic E-state index is 8.36.